The summed E-state index contributed by atoms with van der Waals surface area (Å²) < 4.78 is 5.10. The topological polar surface area (TPSA) is 116 Å². The lowest BCUT2D eigenvalue weighted by molar-refractivity contribution is 0.0911. The molecule has 1 aliphatic heterocycles. The number of aromatic nitrogens is 1. The fourth-order valence-electron chi connectivity index (χ4n) is 3.59. The third kappa shape index (κ3) is 4.84. The van der Waals surface area contributed by atoms with Gasteiger partial charge in [0.25, 0.3) is 0 Å². The second-order valence-corrected chi connectivity index (χ2v) is 7.91. The van der Waals surface area contributed by atoms with E-state index >= 15 is 0 Å². The Labute approximate surface area is 180 Å². The Morgan fingerprint density at radius 3 is 2.47 bits per heavy atom. The van der Waals surface area contributed by atoms with Crippen LogP contribution in [0.4, 0.5) is 10.6 Å². The molecule has 2 heterocycles. The maximum absolute atomic E-state index is 11.0. The standard InChI is InChI=1S/C22H23N5O2S/c1-2-17-18(12-23)20(27-10-8-16(9-11-27)29-22(25)28)26-21(19(17)13-24)30-14-15-6-4-3-5-7-15/h3-7,16H,2,8-11,14H2,1H3,(H2,25,28). The van der Waals surface area contributed by atoms with Crippen molar-refractivity contribution in [2.24, 2.45) is 5.73 Å². The van der Waals surface area contributed by atoms with Crippen LogP contribution in [-0.2, 0) is 16.9 Å². The molecule has 3 rings (SSSR count). The first kappa shape index (κ1) is 21.5. The summed E-state index contributed by atoms with van der Waals surface area (Å²) in [5.74, 6) is 1.28. The van der Waals surface area contributed by atoms with Gasteiger partial charge in [-0.1, -0.05) is 37.3 Å². The van der Waals surface area contributed by atoms with Gasteiger partial charge in [0, 0.05) is 31.7 Å². The summed E-state index contributed by atoms with van der Waals surface area (Å²) in [7, 11) is 0. The molecule has 0 atom stereocenters. The third-order valence-electron chi connectivity index (χ3n) is 5.07. The predicted molar refractivity (Wildman–Crippen MR) is 115 cm³/mol. The number of hydrogen-bond acceptors (Lipinski definition) is 7. The third-order valence-corrected chi connectivity index (χ3v) is 6.11. The second-order valence-electron chi connectivity index (χ2n) is 6.94. The molecule has 30 heavy (non-hydrogen) atoms. The lowest BCUT2D eigenvalue weighted by atomic mass is 10.0. The Balaban J connectivity index is 1.91. The Hall–Kier alpha value is -3.23. The molecule has 0 unspecified atom stereocenters. The maximum atomic E-state index is 11.0. The van der Waals surface area contributed by atoms with Crippen LogP contribution in [0.1, 0.15) is 42.0 Å². The smallest absolute Gasteiger partial charge is 0.404 e. The van der Waals surface area contributed by atoms with Crippen molar-refractivity contribution in [3.05, 3.63) is 52.6 Å². The van der Waals surface area contributed by atoms with Gasteiger partial charge in [-0.25, -0.2) is 9.78 Å². The van der Waals surface area contributed by atoms with Gasteiger partial charge in [-0.15, -0.1) is 11.8 Å². The van der Waals surface area contributed by atoms with Gasteiger partial charge in [0.1, 0.15) is 29.1 Å². The molecule has 1 aromatic carbocycles. The highest BCUT2D eigenvalue weighted by atomic mass is 32.2. The Morgan fingerprint density at radius 1 is 1.23 bits per heavy atom. The molecular formula is C22H23N5O2S. The summed E-state index contributed by atoms with van der Waals surface area (Å²) in [5.41, 5.74) is 7.92. The van der Waals surface area contributed by atoms with Gasteiger partial charge in [-0.3, -0.25) is 0 Å². The van der Waals surface area contributed by atoms with E-state index in [1.165, 1.54) is 11.8 Å². The van der Waals surface area contributed by atoms with Crippen molar-refractivity contribution in [1.29, 1.82) is 10.5 Å². The number of amides is 1. The van der Waals surface area contributed by atoms with Gasteiger partial charge in [-0.05, 0) is 17.5 Å². The molecule has 0 radical (unpaired) electrons. The van der Waals surface area contributed by atoms with Crippen LogP contribution in [0.15, 0.2) is 35.4 Å². The molecule has 0 spiro atoms. The fraction of sp³-hybridized carbons (Fsp3) is 0.364. The predicted octanol–water partition coefficient (Wildman–Crippen LogP) is 3.74. The van der Waals surface area contributed by atoms with E-state index in [1.807, 2.05) is 42.2 Å². The lowest BCUT2D eigenvalue weighted by Gasteiger charge is -2.33. The van der Waals surface area contributed by atoms with Crippen LogP contribution in [0, 0.1) is 22.7 Å². The summed E-state index contributed by atoms with van der Waals surface area (Å²) >= 11 is 1.51. The minimum atomic E-state index is -0.768. The number of nitriles is 2. The van der Waals surface area contributed by atoms with Crippen LogP contribution in [-0.4, -0.2) is 30.3 Å². The maximum Gasteiger partial charge on any atom is 0.404 e. The Morgan fingerprint density at radius 2 is 1.90 bits per heavy atom. The molecule has 8 heteroatoms. The zero-order valence-corrected chi connectivity index (χ0v) is 17.6. The average molecular weight is 422 g/mol. The molecule has 1 aliphatic rings. The summed E-state index contributed by atoms with van der Waals surface area (Å²) in [6, 6.07) is 14.5. The molecule has 2 N–H and O–H groups in total. The van der Waals surface area contributed by atoms with E-state index in [-0.39, 0.29) is 6.10 Å². The van der Waals surface area contributed by atoms with Crippen LogP contribution in [0.3, 0.4) is 0 Å². The first-order valence-electron chi connectivity index (χ1n) is 9.82. The van der Waals surface area contributed by atoms with Crippen LogP contribution in [0.2, 0.25) is 0 Å². The minimum absolute atomic E-state index is 0.222. The fourth-order valence-corrected chi connectivity index (χ4v) is 4.55. The SMILES string of the molecule is CCc1c(C#N)c(SCc2ccccc2)nc(N2CCC(OC(N)=O)CC2)c1C#N. The van der Waals surface area contributed by atoms with Gasteiger partial charge >= 0.3 is 6.09 Å². The largest absolute Gasteiger partial charge is 0.446 e. The number of carbonyl (C=O) groups excluding carboxylic acids is 1. The molecule has 1 amide bonds. The van der Waals surface area contributed by atoms with Crippen molar-refractivity contribution in [1.82, 2.24) is 4.98 Å². The molecule has 2 aromatic rings. The molecular weight excluding hydrogens is 398 g/mol. The van der Waals surface area contributed by atoms with Gasteiger partial charge in [0.2, 0.25) is 0 Å². The number of nitrogens with two attached hydrogens (primary N) is 1. The normalized spacial score (nSPS) is 14.0. The number of thioether (sulfide) groups is 1. The number of anilines is 1. The second kappa shape index (κ2) is 10.00. The number of benzene rings is 1. The van der Waals surface area contributed by atoms with E-state index in [0.717, 1.165) is 11.1 Å². The van der Waals surface area contributed by atoms with Crippen molar-refractivity contribution in [3.8, 4) is 12.1 Å². The quantitative estimate of drug-likeness (QED) is 0.706. The van der Waals surface area contributed by atoms with E-state index in [0.29, 0.717) is 60.1 Å². The van der Waals surface area contributed by atoms with Crippen molar-refractivity contribution < 1.29 is 9.53 Å². The molecule has 0 saturated carbocycles. The zero-order chi connectivity index (χ0) is 21.5. The van der Waals surface area contributed by atoms with Crippen molar-refractivity contribution in [3.63, 3.8) is 0 Å². The number of ether oxygens (including phenoxy) is 1. The number of carbonyl (C=O) groups is 1. The van der Waals surface area contributed by atoms with Gasteiger partial charge in [0.05, 0.1) is 11.1 Å². The number of rotatable bonds is 6. The monoisotopic (exact) mass is 421 g/mol. The van der Waals surface area contributed by atoms with Crippen LogP contribution >= 0.6 is 11.8 Å². The summed E-state index contributed by atoms with van der Waals surface area (Å²) in [5, 5.41) is 20.3. The summed E-state index contributed by atoms with van der Waals surface area (Å²) in [6.07, 6.45) is 0.810. The zero-order valence-electron chi connectivity index (χ0n) is 16.8. The average Bonchev–Trinajstić information content (AvgIpc) is 2.77. The van der Waals surface area contributed by atoms with Gasteiger partial charge in [0.15, 0.2) is 0 Å². The number of piperidine rings is 1. The molecule has 0 aliphatic carbocycles. The number of nitrogens with zero attached hydrogens (tertiary/aromatic N) is 4. The highest BCUT2D eigenvalue weighted by molar-refractivity contribution is 7.98. The highest BCUT2D eigenvalue weighted by Crippen LogP contribution is 2.34. The van der Waals surface area contributed by atoms with Crippen molar-refractivity contribution >= 4 is 23.7 Å². The van der Waals surface area contributed by atoms with Gasteiger partial charge < -0.3 is 15.4 Å². The summed E-state index contributed by atoms with van der Waals surface area (Å²) in [6.45, 7) is 3.13. The first-order chi connectivity index (χ1) is 14.6. The molecule has 7 nitrogen and oxygen atoms in total. The molecule has 1 aromatic heterocycles. The van der Waals surface area contributed by atoms with E-state index in [9.17, 15) is 15.3 Å². The number of hydrogen-bond donors (Lipinski definition) is 1. The van der Waals surface area contributed by atoms with Crippen LogP contribution in [0.25, 0.3) is 0 Å². The Bertz CT molecular complexity index is 989. The van der Waals surface area contributed by atoms with Gasteiger partial charge in [-0.2, -0.15) is 10.5 Å². The van der Waals surface area contributed by atoms with E-state index in [1.54, 1.807) is 0 Å². The van der Waals surface area contributed by atoms with Crippen LogP contribution < -0.4 is 10.6 Å². The van der Waals surface area contributed by atoms with E-state index < -0.39 is 6.09 Å². The Kier molecular flexibility index (Phi) is 7.16. The highest BCUT2D eigenvalue weighted by Gasteiger charge is 2.27. The summed E-state index contributed by atoms with van der Waals surface area (Å²) in [4.78, 5) is 17.8. The first-order valence-corrected chi connectivity index (χ1v) is 10.8. The molecule has 1 fully saturated rings. The molecule has 0 bridgehead atoms. The van der Waals surface area contributed by atoms with Crippen molar-refractivity contribution in [2.75, 3.05) is 18.0 Å². The molecule has 1 saturated heterocycles. The molecule has 154 valence electrons. The number of primary amides is 1. The van der Waals surface area contributed by atoms with E-state index in [4.69, 9.17) is 15.5 Å². The van der Waals surface area contributed by atoms with E-state index in [2.05, 4.69) is 12.1 Å². The van der Waals surface area contributed by atoms with Crippen molar-refractivity contribution in [2.45, 2.75) is 43.1 Å². The van der Waals surface area contributed by atoms with Crippen LogP contribution in [0.5, 0.6) is 0 Å². The number of pyridine rings is 1. The minimum Gasteiger partial charge on any atom is -0.446 e. The lowest BCUT2D eigenvalue weighted by Crippen LogP contribution is -2.39.